The monoisotopic (exact) mass is 1190 g/mol. The zero-order valence-corrected chi connectivity index (χ0v) is 44.8. The van der Waals surface area contributed by atoms with Crippen LogP contribution in [0, 0.1) is 3.57 Å². The van der Waals surface area contributed by atoms with E-state index in [2.05, 4.69) is 32.1 Å². The van der Waals surface area contributed by atoms with Crippen molar-refractivity contribution in [2.24, 2.45) is 0 Å². The number of carboxylic acids is 1. The van der Waals surface area contributed by atoms with Crippen molar-refractivity contribution in [1.29, 1.82) is 0 Å². The highest BCUT2D eigenvalue weighted by Crippen LogP contribution is 2.35. The van der Waals surface area contributed by atoms with Crippen molar-refractivity contribution < 1.29 is 72.8 Å². The molecule has 0 aliphatic heterocycles. The molecule has 3 saturated carbocycles. The molecular weight excluding hydrogens is 1140 g/mol. The summed E-state index contributed by atoms with van der Waals surface area (Å²) in [5, 5.41) is 25.8. The summed E-state index contributed by atoms with van der Waals surface area (Å²) in [4.78, 5) is 33.8. The number of hydrogen-bond donors (Lipinski definition) is 3. The third kappa shape index (κ3) is 17.8. The Balaban J connectivity index is 0.000000194. The molecule has 71 heavy (non-hydrogen) atoms. The molecule has 8 rings (SSSR count). The van der Waals surface area contributed by atoms with Gasteiger partial charge in [0.2, 0.25) is 0 Å². The molecule has 0 aromatic heterocycles. The fourth-order valence-corrected chi connectivity index (χ4v) is 13.5. The van der Waals surface area contributed by atoms with Gasteiger partial charge < -0.3 is 24.8 Å². The number of carboxylic acid groups (broad SMARTS) is 1. The minimum Gasteiger partial charge on any atom is -0.478 e. The normalized spacial score (nSPS) is 14.2. The summed E-state index contributed by atoms with van der Waals surface area (Å²) in [5.74, 6) is -1.69. The van der Waals surface area contributed by atoms with Gasteiger partial charge in [-0.3, -0.25) is 0 Å². The van der Waals surface area contributed by atoms with Gasteiger partial charge >= 0.3 is 17.9 Å². The summed E-state index contributed by atoms with van der Waals surface area (Å²) in [6.07, 6.45) is 4.82. The number of aliphatic hydroxyl groups is 2. The summed E-state index contributed by atoms with van der Waals surface area (Å²) in [6, 6.07) is 31.6. The van der Waals surface area contributed by atoms with Crippen molar-refractivity contribution in [2.45, 2.75) is 93.5 Å². The number of carbonyl (C=O) groups is 3. The number of sulfone groups is 4. The van der Waals surface area contributed by atoms with Crippen LogP contribution in [-0.2, 0) is 62.0 Å². The maximum absolute atomic E-state index is 11.8. The van der Waals surface area contributed by atoms with Gasteiger partial charge in [-0.1, -0.05) is 42.5 Å². The van der Waals surface area contributed by atoms with Gasteiger partial charge in [0.05, 0.1) is 85.2 Å². The molecule has 0 saturated heterocycles. The van der Waals surface area contributed by atoms with E-state index >= 15 is 0 Å². The van der Waals surface area contributed by atoms with E-state index in [-0.39, 0.29) is 67.5 Å². The topological polar surface area (TPSA) is 267 Å². The number of ether oxygens (including phenoxy) is 2. The number of aromatic carboxylic acids is 1. The lowest BCUT2D eigenvalue weighted by molar-refractivity contribution is 0.0591. The quantitative estimate of drug-likeness (QED) is 0.0520. The van der Waals surface area contributed by atoms with Crippen LogP contribution < -0.4 is 0 Å². The summed E-state index contributed by atoms with van der Waals surface area (Å²) in [6.45, 7) is -0.234. The summed E-state index contributed by atoms with van der Waals surface area (Å²) >= 11 is 7.61. The van der Waals surface area contributed by atoms with Gasteiger partial charge in [0, 0.05) is 9.45 Å². The van der Waals surface area contributed by atoms with Crippen LogP contribution in [-0.4, -0.2) is 109 Å². The lowest BCUT2D eigenvalue weighted by atomic mass is 10.2. The zero-order valence-electron chi connectivity index (χ0n) is 38.6. The lowest BCUT2D eigenvalue weighted by Gasteiger charge is -2.05. The molecule has 0 heterocycles. The first-order valence-electron chi connectivity index (χ1n) is 21.8. The van der Waals surface area contributed by atoms with Crippen molar-refractivity contribution in [2.75, 3.05) is 25.9 Å². The highest BCUT2D eigenvalue weighted by molar-refractivity contribution is 14.1. The minimum absolute atomic E-state index is 0.0109. The molecule has 22 heteroatoms. The first-order chi connectivity index (χ1) is 33.5. The molecular formula is C49H54ClIO16S4. The van der Waals surface area contributed by atoms with E-state index in [4.69, 9.17) is 26.9 Å². The van der Waals surface area contributed by atoms with E-state index in [0.29, 0.717) is 45.7 Å². The van der Waals surface area contributed by atoms with Crippen molar-refractivity contribution in [3.63, 3.8) is 0 Å². The van der Waals surface area contributed by atoms with Gasteiger partial charge in [-0.25, -0.2) is 48.1 Å². The number of aliphatic hydroxyl groups excluding tert-OH is 2. The first kappa shape index (κ1) is 58.8. The second-order valence-electron chi connectivity index (χ2n) is 16.1. The van der Waals surface area contributed by atoms with Crippen molar-refractivity contribution in [3.8, 4) is 0 Å². The number of halogens is 2. The molecule has 384 valence electrons. The average molecular weight is 1190 g/mol. The Morgan fingerprint density at radius 3 is 1.25 bits per heavy atom. The van der Waals surface area contributed by atoms with Crippen LogP contribution in [0.25, 0.3) is 0 Å². The van der Waals surface area contributed by atoms with Gasteiger partial charge in [0.1, 0.15) is 0 Å². The number of hydrogen-bond acceptors (Lipinski definition) is 15. The van der Waals surface area contributed by atoms with E-state index in [1.807, 2.05) is 12.1 Å². The molecule has 0 spiro atoms. The summed E-state index contributed by atoms with van der Waals surface area (Å²) in [5.41, 5.74) is 2.12. The Kier molecular flexibility index (Phi) is 22.2. The second kappa shape index (κ2) is 26.8. The predicted molar refractivity (Wildman–Crippen MR) is 274 cm³/mol. The minimum atomic E-state index is -3.38. The Hall–Kier alpha value is -4.75. The van der Waals surface area contributed by atoms with Gasteiger partial charge in [-0.2, -0.15) is 0 Å². The van der Waals surface area contributed by atoms with Gasteiger partial charge in [-0.15, -0.1) is 11.6 Å². The molecule has 3 aliphatic carbocycles. The SMILES string of the molecule is COC(=O)c1cccc(I)c1.COC(=O)c1cccc(S(=O)(=O)CCCCl)c1.O=C(O)c1cccc(S(=O)(=O)C2CC2)c1.O=S(=O)(c1cccc(CO)c1)C1CC1.O=S(=O)(c1cccc(CO)c1)C1CC1. The number of rotatable bonds is 15. The molecule has 3 aliphatic rings. The highest BCUT2D eigenvalue weighted by atomic mass is 127. The fraction of sp³-hybridized carbons (Fsp3) is 0.327. The van der Waals surface area contributed by atoms with E-state index < -0.39 is 51.3 Å². The van der Waals surface area contributed by atoms with Crippen LogP contribution in [0.4, 0.5) is 0 Å². The predicted octanol–water partition coefficient (Wildman–Crippen LogP) is 7.50. The number of benzene rings is 5. The van der Waals surface area contributed by atoms with E-state index in [1.165, 1.54) is 62.8 Å². The summed E-state index contributed by atoms with van der Waals surface area (Å²) in [7, 11) is -10.3. The van der Waals surface area contributed by atoms with Crippen LogP contribution in [0.2, 0.25) is 0 Å². The molecule has 3 N–H and O–H groups in total. The van der Waals surface area contributed by atoms with E-state index in [9.17, 15) is 48.1 Å². The number of esters is 2. The number of carbonyl (C=O) groups excluding carboxylic acids is 2. The second-order valence-corrected chi connectivity index (χ2v) is 26.5. The Bertz CT molecular complexity index is 3010. The molecule has 0 atom stereocenters. The Labute approximate surface area is 433 Å². The van der Waals surface area contributed by atoms with E-state index in [0.717, 1.165) is 29.3 Å². The highest BCUT2D eigenvalue weighted by Gasteiger charge is 2.38. The molecule has 0 bridgehead atoms. The summed E-state index contributed by atoms with van der Waals surface area (Å²) < 4.78 is 104. The molecule has 5 aromatic carbocycles. The fourth-order valence-electron chi connectivity index (χ4n) is 6.19. The molecule has 3 fully saturated rings. The Morgan fingerprint density at radius 2 is 0.887 bits per heavy atom. The molecule has 0 amide bonds. The van der Waals surface area contributed by atoms with E-state index in [1.54, 1.807) is 60.7 Å². The lowest BCUT2D eigenvalue weighted by Crippen LogP contribution is -2.09. The van der Waals surface area contributed by atoms with Gasteiger partial charge in [-0.05, 0) is 158 Å². The molecule has 16 nitrogen and oxygen atoms in total. The maximum atomic E-state index is 11.8. The average Bonchev–Trinajstić information content (AvgIpc) is 4.19. The van der Waals surface area contributed by atoms with Crippen LogP contribution in [0.1, 0.15) is 87.1 Å². The van der Waals surface area contributed by atoms with Crippen LogP contribution in [0.5, 0.6) is 0 Å². The standard InChI is InChI=1S/C11H13ClO4S.C10H10O4S.2C10H12O3S.C8H7IO2/c1-16-11(13)9-4-2-5-10(8-9)17(14,15)7-3-6-12;11-10(12)7-2-1-3-9(6-7)15(13,14)8-4-5-8;2*11-7-8-2-1-3-10(6-8)14(12,13)9-4-5-9;1-11-8(10)6-3-2-4-7(9)5-6/h2,4-5,8H,3,6-7H2,1H3;1-3,6,8H,4-5H2,(H,11,12);2*1-3,6,9,11H,4-5,7H2;2-5H,1H3. The molecule has 5 aromatic rings. The van der Waals surface area contributed by atoms with Crippen molar-refractivity contribution in [1.82, 2.24) is 0 Å². The van der Waals surface area contributed by atoms with Crippen molar-refractivity contribution in [3.05, 3.63) is 153 Å². The smallest absolute Gasteiger partial charge is 0.337 e. The first-order valence-corrected chi connectivity index (χ1v) is 29.7. The van der Waals surface area contributed by atoms with Crippen molar-refractivity contribution >= 4 is 91.4 Å². The Morgan fingerprint density at radius 1 is 0.535 bits per heavy atom. The van der Waals surface area contributed by atoms with Crippen LogP contribution >= 0.6 is 34.2 Å². The molecule has 0 unspecified atom stereocenters. The van der Waals surface area contributed by atoms with Crippen LogP contribution in [0.3, 0.4) is 0 Å². The maximum Gasteiger partial charge on any atom is 0.337 e. The molecule has 0 radical (unpaired) electrons. The van der Waals surface area contributed by atoms with Gasteiger partial charge in [0.15, 0.2) is 39.3 Å². The largest absolute Gasteiger partial charge is 0.478 e. The van der Waals surface area contributed by atoms with Gasteiger partial charge in [0.25, 0.3) is 0 Å². The van der Waals surface area contributed by atoms with Crippen LogP contribution in [0.15, 0.2) is 141 Å². The zero-order chi connectivity index (χ0) is 52.6. The number of alkyl halides is 1. The number of methoxy groups -OCH3 is 2. The third-order valence-electron chi connectivity index (χ3n) is 10.5. The third-order valence-corrected chi connectivity index (χ3v) is 20.0.